The molecule has 106 valence electrons. The Hall–Kier alpha value is -1.56. The largest absolute Gasteiger partial charge is 0.449 e. The standard InChI is InChI=1S/C13H20N2O4/c1-13(2,3)19-12(17)15-7-9(6-10(15)8-16)11-14-4-5-18-11/h4-5,9-10,16H,6-8H2,1-3H3. The van der Waals surface area contributed by atoms with Gasteiger partial charge in [-0.3, -0.25) is 0 Å². The van der Waals surface area contributed by atoms with Crippen molar-refractivity contribution in [2.75, 3.05) is 13.2 Å². The number of carbonyl (C=O) groups excluding carboxylic acids is 1. The SMILES string of the molecule is CC(C)(C)OC(=O)N1CC(c2ncco2)CC1CO. The van der Waals surface area contributed by atoms with Gasteiger partial charge < -0.3 is 19.2 Å². The summed E-state index contributed by atoms with van der Waals surface area (Å²) in [5, 5.41) is 9.40. The third-order valence-electron chi connectivity index (χ3n) is 3.05. The molecule has 1 aromatic heterocycles. The van der Waals surface area contributed by atoms with Crippen LogP contribution < -0.4 is 0 Å². The molecule has 6 nitrogen and oxygen atoms in total. The zero-order valence-corrected chi connectivity index (χ0v) is 11.5. The van der Waals surface area contributed by atoms with E-state index in [9.17, 15) is 9.90 Å². The van der Waals surface area contributed by atoms with Crippen molar-refractivity contribution in [2.24, 2.45) is 0 Å². The molecule has 1 saturated heterocycles. The molecule has 2 unspecified atom stereocenters. The van der Waals surface area contributed by atoms with Crippen LogP contribution in [0.25, 0.3) is 0 Å². The number of carbonyl (C=O) groups is 1. The van der Waals surface area contributed by atoms with Gasteiger partial charge >= 0.3 is 6.09 Å². The molecule has 0 radical (unpaired) electrons. The van der Waals surface area contributed by atoms with Crippen molar-refractivity contribution in [3.05, 3.63) is 18.4 Å². The van der Waals surface area contributed by atoms with Crippen LogP contribution in [-0.4, -0.2) is 45.9 Å². The summed E-state index contributed by atoms with van der Waals surface area (Å²) in [5.74, 6) is 0.615. The van der Waals surface area contributed by atoms with Crippen molar-refractivity contribution in [1.82, 2.24) is 9.88 Å². The van der Waals surface area contributed by atoms with Crippen LogP contribution in [0, 0.1) is 0 Å². The first kappa shape index (κ1) is 13.9. The smallest absolute Gasteiger partial charge is 0.410 e. The Balaban J connectivity index is 2.06. The van der Waals surface area contributed by atoms with E-state index in [1.54, 1.807) is 11.1 Å². The summed E-state index contributed by atoms with van der Waals surface area (Å²) in [6.45, 7) is 5.83. The zero-order valence-electron chi connectivity index (χ0n) is 11.5. The monoisotopic (exact) mass is 268 g/mol. The van der Waals surface area contributed by atoms with Crippen molar-refractivity contribution in [3.63, 3.8) is 0 Å². The van der Waals surface area contributed by atoms with Crippen molar-refractivity contribution in [3.8, 4) is 0 Å². The number of rotatable bonds is 2. The highest BCUT2D eigenvalue weighted by atomic mass is 16.6. The highest BCUT2D eigenvalue weighted by molar-refractivity contribution is 5.69. The van der Waals surface area contributed by atoms with Crippen LogP contribution >= 0.6 is 0 Å². The van der Waals surface area contributed by atoms with E-state index in [0.29, 0.717) is 18.9 Å². The molecule has 0 saturated carbocycles. The topological polar surface area (TPSA) is 75.8 Å². The maximum Gasteiger partial charge on any atom is 0.410 e. The predicted molar refractivity (Wildman–Crippen MR) is 67.7 cm³/mol. The van der Waals surface area contributed by atoms with Crippen molar-refractivity contribution in [1.29, 1.82) is 0 Å². The molecular formula is C13H20N2O4. The number of aliphatic hydroxyl groups excluding tert-OH is 1. The lowest BCUT2D eigenvalue weighted by molar-refractivity contribution is 0.0174. The van der Waals surface area contributed by atoms with E-state index in [-0.39, 0.29) is 18.6 Å². The molecule has 1 amide bonds. The molecule has 2 rings (SSSR count). The summed E-state index contributed by atoms with van der Waals surface area (Å²) in [7, 11) is 0. The lowest BCUT2D eigenvalue weighted by atomic mass is 10.1. The molecule has 1 aromatic rings. The highest BCUT2D eigenvalue weighted by Crippen LogP contribution is 2.31. The average molecular weight is 268 g/mol. The fraction of sp³-hybridized carbons (Fsp3) is 0.692. The van der Waals surface area contributed by atoms with E-state index in [1.807, 2.05) is 20.8 Å². The molecule has 1 aliphatic rings. The molecule has 0 aliphatic carbocycles. The van der Waals surface area contributed by atoms with Crippen LogP contribution in [0.2, 0.25) is 0 Å². The van der Waals surface area contributed by atoms with Crippen molar-refractivity contribution < 1.29 is 19.1 Å². The van der Waals surface area contributed by atoms with Crippen LogP contribution in [0.1, 0.15) is 39.0 Å². The Labute approximate surface area is 112 Å². The summed E-state index contributed by atoms with van der Waals surface area (Å²) in [6.07, 6.45) is 3.33. The number of amides is 1. The molecule has 1 fully saturated rings. The van der Waals surface area contributed by atoms with E-state index in [1.165, 1.54) is 6.26 Å². The van der Waals surface area contributed by atoms with Crippen LogP contribution in [0.5, 0.6) is 0 Å². The number of ether oxygens (including phenoxy) is 1. The number of nitrogens with zero attached hydrogens (tertiary/aromatic N) is 2. The normalized spacial score (nSPS) is 23.7. The fourth-order valence-corrected chi connectivity index (χ4v) is 2.25. The van der Waals surface area contributed by atoms with Gasteiger partial charge in [0.25, 0.3) is 0 Å². The number of oxazole rings is 1. The second-order valence-electron chi connectivity index (χ2n) is 5.77. The molecule has 19 heavy (non-hydrogen) atoms. The van der Waals surface area contributed by atoms with Crippen LogP contribution in [0.3, 0.4) is 0 Å². The molecular weight excluding hydrogens is 248 g/mol. The molecule has 1 aliphatic heterocycles. The van der Waals surface area contributed by atoms with Gasteiger partial charge in [0.05, 0.1) is 24.8 Å². The molecule has 6 heteroatoms. The summed E-state index contributed by atoms with van der Waals surface area (Å²) in [5.41, 5.74) is -0.544. The quantitative estimate of drug-likeness (QED) is 0.884. The first-order valence-electron chi connectivity index (χ1n) is 6.40. The average Bonchev–Trinajstić information content (AvgIpc) is 2.95. The van der Waals surface area contributed by atoms with Crippen molar-refractivity contribution >= 4 is 6.09 Å². The molecule has 1 N–H and O–H groups in total. The van der Waals surface area contributed by atoms with Gasteiger partial charge in [0, 0.05) is 6.54 Å². The third-order valence-corrected chi connectivity index (χ3v) is 3.05. The minimum atomic E-state index is -0.544. The Morgan fingerprint density at radius 3 is 2.89 bits per heavy atom. The molecule has 2 atom stereocenters. The summed E-state index contributed by atoms with van der Waals surface area (Å²) in [4.78, 5) is 17.8. The van der Waals surface area contributed by atoms with Crippen LogP contribution in [-0.2, 0) is 4.74 Å². The number of hydrogen-bond donors (Lipinski definition) is 1. The first-order chi connectivity index (χ1) is 8.90. The lowest BCUT2D eigenvalue weighted by Crippen LogP contribution is -2.41. The van der Waals surface area contributed by atoms with Crippen LogP contribution in [0.15, 0.2) is 16.9 Å². The van der Waals surface area contributed by atoms with E-state index in [0.717, 1.165) is 0 Å². The number of aromatic nitrogens is 1. The zero-order chi connectivity index (χ0) is 14.0. The van der Waals surface area contributed by atoms with E-state index in [4.69, 9.17) is 9.15 Å². The van der Waals surface area contributed by atoms with E-state index in [2.05, 4.69) is 4.98 Å². The Morgan fingerprint density at radius 1 is 1.63 bits per heavy atom. The van der Waals surface area contributed by atoms with Gasteiger partial charge in [-0.1, -0.05) is 0 Å². The van der Waals surface area contributed by atoms with Crippen LogP contribution in [0.4, 0.5) is 4.79 Å². The summed E-state index contributed by atoms with van der Waals surface area (Å²) in [6, 6.07) is -0.244. The third kappa shape index (κ3) is 3.26. The minimum absolute atomic E-state index is 0.0136. The Kier molecular flexibility index (Phi) is 3.80. The molecule has 0 aromatic carbocycles. The van der Waals surface area contributed by atoms with Gasteiger partial charge in [-0.2, -0.15) is 0 Å². The van der Waals surface area contributed by atoms with Gasteiger partial charge in [-0.15, -0.1) is 0 Å². The molecule has 0 spiro atoms. The van der Waals surface area contributed by atoms with E-state index < -0.39 is 11.7 Å². The van der Waals surface area contributed by atoms with Gasteiger partial charge in [0.1, 0.15) is 11.9 Å². The number of likely N-dealkylation sites (tertiary alicyclic amines) is 1. The van der Waals surface area contributed by atoms with Gasteiger partial charge in [-0.05, 0) is 27.2 Å². The second kappa shape index (κ2) is 5.21. The van der Waals surface area contributed by atoms with Gasteiger partial charge in [-0.25, -0.2) is 9.78 Å². The molecule has 0 bridgehead atoms. The fourth-order valence-electron chi connectivity index (χ4n) is 2.25. The summed E-state index contributed by atoms with van der Waals surface area (Å²) >= 11 is 0. The highest BCUT2D eigenvalue weighted by Gasteiger charge is 2.39. The Morgan fingerprint density at radius 2 is 2.37 bits per heavy atom. The van der Waals surface area contributed by atoms with Gasteiger partial charge in [0.15, 0.2) is 5.89 Å². The second-order valence-corrected chi connectivity index (χ2v) is 5.77. The maximum absolute atomic E-state index is 12.1. The first-order valence-corrected chi connectivity index (χ1v) is 6.40. The number of hydrogen-bond acceptors (Lipinski definition) is 5. The Bertz CT molecular complexity index is 424. The minimum Gasteiger partial charge on any atom is -0.449 e. The predicted octanol–water partition coefficient (Wildman–Crippen LogP) is 1.76. The van der Waals surface area contributed by atoms with E-state index >= 15 is 0 Å². The molecule has 2 heterocycles. The number of aliphatic hydroxyl groups is 1. The van der Waals surface area contributed by atoms with Crippen molar-refractivity contribution in [2.45, 2.75) is 44.8 Å². The van der Waals surface area contributed by atoms with Gasteiger partial charge in [0.2, 0.25) is 0 Å². The summed E-state index contributed by atoms with van der Waals surface area (Å²) < 4.78 is 10.6. The maximum atomic E-state index is 12.1. The lowest BCUT2D eigenvalue weighted by Gasteiger charge is -2.27.